The molecule has 4 rings (SSSR count). The van der Waals surface area contributed by atoms with Gasteiger partial charge in [0.1, 0.15) is 41.9 Å². The van der Waals surface area contributed by atoms with Crippen LogP contribution in [0.5, 0.6) is 11.5 Å². The molecule has 0 radical (unpaired) electrons. The van der Waals surface area contributed by atoms with Gasteiger partial charge < -0.3 is 41.0 Å². The molecule has 0 unspecified atom stereocenters. The fourth-order valence-electron chi connectivity index (χ4n) is 4.40. The Hall–Kier alpha value is -4.91. The van der Waals surface area contributed by atoms with Gasteiger partial charge in [0, 0.05) is 31.4 Å². The van der Waals surface area contributed by atoms with E-state index in [4.69, 9.17) is 21.1 Å². The zero-order valence-corrected chi connectivity index (χ0v) is 26.2. The third-order valence-corrected chi connectivity index (χ3v) is 7.04. The second-order valence-corrected chi connectivity index (χ2v) is 10.3. The average molecular weight is 635 g/mol. The molecule has 1 aromatic heterocycles. The molecule has 3 aromatic carbocycles. The van der Waals surface area contributed by atoms with Crippen molar-refractivity contribution in [3.05, 3.63) is 96.0 Å². The van der Waals surface area contributed by atoms with Crippen LogP contribution in [-0.4, -0.2) is 56.8 Å². The van der Waals surface area contributed by atoms with Crippen LogP contribution in [0.2, 0.25) is 5.02 Å². The van der Waals surface area contributed by atoms with Crippen LogP contribution in [0.25, 0.3) is 0 Å². The standard InChI is InChI=1S/C32H36ClFN8O3/c1-6-32(43)41-24-14-25(28(44-5)15-26(24)42(4)17-31(35-2)36-3)40-30-16-29(37-19-38-30)39-22-10-11-27(23(33)13-22)45-18-20-8-7-9-21(34)12-20/h6-16,19,31,35-36H,1,17-18H2,2-5H3,(H,41,43)(H2,37,38,39,40). The predicted octanol–water partition coefficient (Wildman–Crippen LogP) is 5.67. The Morgan fingerprint density at radius 2 is 1.78 bits per heavy atom. The molecule has 236 valence electrons. The van der Waals surface area contributed by atoms with Crippen LogP contribution in [0.3, 0.4) is 0 Å². The zero-order valence-electron chi connectivity index (χ0n) is 25.4. The molecule has 11 nitrogen and oxygen atoms in total. The molecule has 0 saturated heterocycles. The van der Waals surface area contributed by atoms with Crippen molar-refractivity contribution < 1.29 is 18.7 Å². The molecular weight excluding hydrogens is 599 g/mol. The fourth-order valence-corrected chi connectivity index (χ4v) is 4.63. The number of anilines is 6. The maximum atomic E-state index is 13.5. The van der Waals surface area contributed by atoms with Crippen LogP contribution in [0.1, 0.15) is 5.56 Å². The first kappa shape index (κ1) is 33.0. The summed E-state index contributed by atoms with van der Waals surface area (Å²) in [5.41, 5.74) is 3.23. The Morgan fingerprint density at radius 3 is 2.44 bits per heavy atom. The molecule has 0 bridgehead atoms. The van der Waals surface area contributed by atoms with Crippen molar-refractivity contribution in [1.29, 1.82) is 0 Å². The molecule has 0 aliphatic heterocycles. The third kappa shape index (κ3) is 9.05. The molecule has 13 heteroatoms. The summed E-state index contributed by atoms with van der Waals surface area (Å²) in [5, 5.41) is 16.1. The number of benzene rings is 3. The quantitative estimate of drug-likeness (QED) is 0.0825. The Labute approximate surface area is 266 Å². The molecule has 1 amide bonds. The molecule has 0 spiro atoms. The fraction of sp³-hybridized carbons (Fsp3) is 0.219. The number of methoxy groups -OCH3 is 1. The van der Waals surface area contributed by atoms with Crippen molar-refractivity contribution in [3.63, 3.8) is 0 Å². The highest BCUT2D eigenvalue weighted by Crippen LogP contribution is 2.38. The van der Waals surface area contributed by atoms with Gasteiger partial charge in [-0.2, -0.15) is 0 Å². The molecule has 4 aromatic rings. The van der Waals surface area contributed by atoms with Gasteiger partial charge in [0.15, 0.2) is 0 Å². The summed E-state index contributed by atoms with van der Waals surface area (Å²) in [6.07, 6.45) is 2.63. The second kappa shape index (κ2) is 15.7. The van der Waals surface area contributed by atoms with E-state index in [-0.39, 0.29) is 24.5 Å². The molecule has 5 N–H and O–H groups in total. The van der Waals surface area contributed by atoms with E-state index in [1.807, 2.05) is 32.1 Å². The number of nitrogens with one attached hydrogen (secondary N) is 5. The van der Waals surface area contributed by atoms with Gasteiger partial charge in [-0.3, -0.25) is 4.79 Å². The van der Waals surface area contributed by atoms with Crippen LogP contribution in [0.4, 0.5) is 38.8 Å². The summed E-state index contributed by atoms with van der Waals surface area (Å²) in [6.45, 7) is 4.35. The Balaban J connectivity index is 1.52. The van der Waals surface area contributed by atoms with Gasteiger partial charge in [-0.05, 0) is 62.1 Å². The van der Waals surface area contributed by atoms with Gasteiger partial charge in [0.05, 0.1) is 35.4 Å². The van der Waals surface area contributed by atoms with Gasteiger partial charge in [-0.1, -0.05) is 30.3 Å². The molecule has 0 saturated carbocycles. The summed E-state index contributed by atoms with van der Waals surface area (Å²) >= 11 is 6.46. The Kier molecular flexibility index (Phi) is 11.5. The number of rotatable bonds is 15. The molecule has 0 atom stereocenters. The first-order valence-electron chi connectivity index (χ1n) is 14.0. The molecule has 0 aliphatic carbocycles. The van der Waals surface area contributed by atoms with Crippen molar-refractivity contribution in [3.8, 4) is 11.5 Å². The summed E-state index contributed by atoms with van der Waals surface area (Å²) in [6, 6.07) is 16.7. The Bertz CT molecular complexity index is 1640. The van der Waals surface area contributed by atoms with E-state index in [1.54, 1.807) is 49.6 Å². The van der Waals surface area contributed by atoms with E-state index >= 15 is 0 Å². The van der Waals surface area contributed by atoms with Crippen LogP contribution < -0.4 is 41.0 Å². The highest BCUT2D eigenvalue weighted by Gasteiger charge is 2.18. The number of amides is 1. The van der Waals surface area contributed by atoms with E-state index in [2.05, 4.69) is 43.1 Å². The predicted molar refractivity (Wildman–Crippen MR) is 178 cm³/mol. The minimum atomic E-state index is -0.350. The third-order valence-electron chi connectivity index (χ3n) is 6.74. The van der Waals surface area contributed by atoms with Crippen molar-refractivity contribution >= 4 is 51.9 Å². The largest absolute Gasteiger partial charge is 0.494 e. The van der Waals surface area contributed by atoms with E-state index < -0.39 is 0 Å². The minimum Gasteiger partial charge on any atom is -0.494 e. The number of nitrogens with zero attached hydrogens (tertiary/aromatic N) is 3. The summed E-state index contributed by atoms with van der Waals surface area (Å²) in [5.74, 6) is 1.29. The molecule has 1 heterocycles. The van der Waals surface area contributed by atoms with Gasteiger partial charge in [-0.15, -0.1) is 0 Å². The van der Waals surface area contributed by atoms with Crippen LogP contribution >= 0.6 is 11.6 Å². The Morgan fingerprint density at radius 1 is 1.02 bits per heavy atom. The lowest BCUT2D eigenvalue weighted by Gasteiger charge is -2.28. The second-order valence-electron chi connectivity index (χ2n) is 9.88. The number of carbonyl (C=O) groups excluding carboxylic acids is 1. The lowest BCUT2D eigenvalue weighted by atomic mass is 10.2. The van der Waals surface area contributed by atoms with Gasteiger partial charge >= 0.3 is 0 Å². The number of ether oxygens (including phenoxy) is 2. The highest BCUT2D eigenvalue weighted by molar-refractivity contribution is 6.32. The number of halogens is 2. The van der Waals surface area contributed by atoms with E-state index in [0.717, 1.165) is 5.69 Å². The topological polar surface area (TPSA) is 125 Å². The molecule has 45 heavy (non-hydrogen) atoms. The number of carbonyl (C=O) groups is 1. The van der Waals surface area contributed by atoms with Crippen molar-refractivity contribution in [2.24, 2.45) is 0 Å². The van der Waals surface area contributed by atoms with Crippen LogP contribution in [0.15, 0.2) is 79.6 Å². The van der Waals surface area contributed by atoms with E-state index in [0.29, 0.717) is 57.3 Å². The maximum Gasteiger partial charge on any atom is 0.247 e. The number of aromatic nitrogens is 2. The van der Waals surface area contributed by atoms with Gasteiger partial charge in [0.25, 0.3) is 0 Å². The van der Waals surface area contributed by atoms with Crippen molar-refractivity contribution in [2.75, 3.05) is 55.6 Å². The lowest BCUT2D eigenvalue weighted by molar-refractivity contribution is -0.111. The van der Waals surface area contributed by atoms with E-state index in [9.17, 15) is 9.18 Å². The van der Waals surface area contributed by atoms with Crippen LogP contribution in [0, 0.1) is 5.82 Å². The number of hydrogen-bond donors (Lipinski definition) is 5. The SMILES string of the molecule is C=CC(=O)Nc1cc(Nc2cc(Nc3ccc(OCc4cccc(F)c4)c(Cl)c3)ncn2)c(OC)cc1N(C)CC(NC)NC. The van der Waals surface area contributed by atoms with Crippen molar-refractivity contribution in [1.82, 2.24) is 20.6 Å². The normalized spacial score (nSPS) is 10.7. The smallest absolute Gasteiger partial charge is 0.247 e. The first-order chi connectivity index (χ1) is 21.7. The maximum absolute atomic E-state index is 13.5. The van der Waals surface area contributed by atoms with Gasteiger partial charge in [0.2, 0.25) is 5.91 Å². The summed E-state index contributed by atoms with van der Waals surface area (Å²) in [4.78, 5) is 23.0. The van der Waals surface area contributed by atoms with E-state index in [1.165, 1.54) is 24.5 Å². The molecule has 0 fully saturated rings. The minimum absolute atomic E-state index is 0.00697. The monoisotopic (exact) mass is 634 g/mol. The van der Waals surface area contributed by atoms with Crippen molar-refractivity contribution in [2.45, 2.75) is 12.8 Å². The molecule has 0 aliphatic rings. The lowest BCUT2D eigenvalue weighted by Crippen LogP contribution is -2.46. The highest BCUT2D eigenvalue weighted by atomic mass is 35.5. The average Bonchev–Trinajstić information content (AvgIpc) is 3.03. The number of likely N-dealkylation sites (N-methyl/N-ethyl adjacent to an activating group) is 3. The molecular formula is C32H36ClFN8O3. The number of hydrogen-bond acceptors (Lipinski definition) is 10. The first-order valence-corrected chi connectivity index (χ1v) is 14.3. The summed E-state index contributed by atoms with van der Waals surface area (Å²) in [7, 11) is 7.22. The zero-order chi connectivity index (χ0) is 32.3. The summed E-state index contributed by atoms with van der Waals surface area (Å²) < 4.78 is 24.9. The van der Waals surface area contributed by atoms with Crippen LogP contribution in [-0.2, 0) is 11.4 Å². The van der Waals surface area contributed by atoms with Gasteiger partial charge in [-0.25, -0.2) is 14.4 Å².